The van der Waals surface area contributed by atoms with Crippen molar-refractivity contribution in [3.63, 3.8) is 0 Å². The molecular formula is C14H21ClN2O2. The second-order valence-corrected chi connectivity index (χ2v) is 5.52. The molecule has 0 fully saturated rings. The molecule has 1 amide bonds. The number of amides is 1. The summed E-state index contributed by atoms with van der Waals surface area (Å²) in [6.45, 7) is 2.39. The molecule has 0 aliphatic carbocycles. The molecule has 4 nitrogen and oxygen atoms in total. The van der Waals surface area contributed by atoms with Crippen LogP contribution < -0.4 is 5.32 Å². The number of likely N-dealkylation sites (N-methyl/N-ethyl adjacent to an activating group) is 1. The first-order chi connectivity index (χ1) is 8.84. The Balaban J connectivity index is 2.55. The van der Waals surface area contributed by atoms with Crippen molar-refractivity contribution >= 4 is 17.5 Å². The number of halogens is 1. The number of hydrogen-bond acceptors (Lipinski definition) is 3. The molecule has 0 aromatic heterocycles. The summed E-state index contributed by atoms with van der Waals surface area (Å²) < 4.78 is 0. The zero-order valence-electron chi connectivity index (χ0n) is 11.6. The lowest BCUT2D eigenvalue weighted by molar-refractivity contribution is 0.0326. The Bertz CT molecular complexity index is 416. The van der Waals surface area contributed by atoms with Crippen LogP contribution in [0.15, 0.2) is 24.3 Å². The van der Waals surface area contributed by atoms with E-state index in [1.54, 1.807) is 19.1 Å². The fraction of sp³-hybridized carbons (Fsp3) is 0.500. The number of nitrogens with zero attached hydrogens (tertiary/aromatic N) is 1. The Kier molecular flexibility index (Phi) is 5.79. The number of benzene rings is 1. The number of rotatable bonds is 6. The minimum Gasteiger partial charge on any atom is -0.387 e. The van der Waals surface area contributed by atoms with Crippen molar-refractivity contribution in [3.05, 3.63) is 35.4 Å². The van der Waals surface area contributed by atoms with E-state index < -0.39 is 5.60 Å². The van der Waals surface area contributed by atoms with Crippen molar-refractivity contribution in [1.82, 2.24) is 10.2 Å². The van der Waals surface area contributed by atoms with Crippen LogP contribution in [0.25, 0.3) is 0 Å². The van der Waals surface area contributed by atoms with E-state index in [1.165, 1.54) is 0 Å². The first kappa shape index (κ1) is 16.0. The number of carbonyl (C=O) groups excluding carboxylic acids is 1. The molecule has 0 radical (unpaired) electrons. The van der Waals surface area contributed by atoms with Gasteiger partial charge in [-0.3, -0.25) is 4.79 Å². The summed E-state index contributed by atoms with van der Waals surface area (Å²) in [7, 11) is 3.75. The van der Waals surface area contributed by atoms with Gasteiger partial charge in [0, 0.05) is 24.5 Å². The van der Waals surface area contributed by atoms with Gasteiger partial charge in [0.1, 0.15) is 0 Å². The monoisotopic (exact) mass is 284 g/mol. The first-order valence-corrected chi connectivity index (χ1v) is 6.68. The molecule has 1 aromatic rings. The molecular weight excluding hydrogens is 264 g/mol. The molecule has 106 valence electrons. The van der Waals surface area contributed by atoms with Crippen LogP contribution in [0.5, 0.6) is 0 Å². The molecule has 1 aromatic carbocycles. The quantitative estimate of drug-likeness (QED) is 0.778. The van der Waals surface area contributed by atoms with Gasteiger partial charge < -0.3 is 15.3 Å². The highest BCUT2D eigenvalue weighted by molar-refractivity contribution is 6.17. The maximum absolute atomic E-state index is 11.9. The van der Waals surface area contributed by atoms with Crippen LogP contribution in [-0.2, 0) is 5.88 Å². The van der Waals surface area contributed by atoms with Gasteiger partial charge in [-0.25, -0.2) is 0 Å². The maximum atomic E-state index is 11.9. The van der Waals surface area contributed by atoms with Crippen LogP contribution in [0.4, 0.5) is 0 Å². The molecule has 1 atom stereocenters. The normalized spacial score (nSPS) is 14.2. The molecule has 5 heteroatoms. The third-order valence-electron chi connectivity index (χ3n) is 2.66. The van der Waals surface area contributed by atoms with Crippen LogP contribution in [-0.4, -0.2) is 48.7 Å². The summed E-state index contributed by atoms with van der Waals surface area (Å²) in [5.41, 5.74) is 0.585. The molecule has 0 aliphatic rings. The molecule has 0 saturated carbocycles. The summed E-state index contributed by atoms with van der Waals surface area (Å²) >= 11 is 5.69. The summed E-state index contributed by atoms with van der Waals surface area (Å²) in [5, 5.41) is 12.8. The van der Waals surface area contributed by atoms with Crippen LogP contribution in [0.2, 0.25) is 0 Å². The number of aliphatic hydroxyl groups is 1. The summed E-state index contributed by atoms with van der Waals surface area (Å²) in [6.07, 6.45) is 0. The average molecular weight is 285 g/mol. The fourth-order valence-corrected chi connectivity index (χ4v) is 2.03. The summed E-state index contributed by atoms with van der Waals surface area (Å²) in [6, 6.07) is 7.10. The van der Waals surface area contributed by atoms with E-state index in [4.69, 9.17) is 11.6 Å². The third-order valence-corrected chi connectivity index (χ3v) is 2.97. The summed E-state index contributed by atoms with van der Waals surface area (Å²) in [5.74, 6) is 0.236. The average Bonchev–Trinajstić information content (AvgIpc) is 2.34. The number of carbonyl (C=O) groups is 1. The Morgan fingerprint density at radius 3 is 2.42 bits per heavy atom. The minimum absolute atomic E-state index is 0.194. The van der Waals surface area contributed by atoms with E-state index in [0.29, 0.717) is 18.0 Å². The van der Waals surface area contributed by atoms with E-state index in [-0.39, 0.29) is 12.5 Å². The molecule has 0 spiro atoms. The zero-order valence-corrected chi connectivity index (χ0v) is 12.4. The predicted molar refractivity (Wildman–Crippen MR) is 77.5 cm³/mol. The zero-order chi connectivity index (χ0) is 14.5. The van der Waals surface area contributed by atoms with E-state index in [1.807, 2.05) is 31.1 Å². The van der Waals surface area contributed by atoms with Crippen molar-refractivity contribution in [1.29, 1.82) is 0 Å². The Labute approximate surface area is 119 Å². The molecule has 0 saturated heterocycles. The van der Waals surface area contributed by atoms with Gasteiger partial charge in [0.25, 0.3) is 5.91 Å². The van der Waals surface area contributed by atoms with E-state index in [0.717, 1.165) is 5.56 Å². The van der Waals surface area contributed by atoms with Crippen molar-refractivity contribution in [3.8, 4) is 0 Å². The Morgan fingerprint density at radius 1 is 1.37 bits per heavy atom. The molecule has 19 heavy (non-hydrogen) atoms. The van der Waals surface area contributed by atoms with E-state index in [9.17, 15) is 9.90 Å². The van der Waals surface area contributed by atoms with Gasteiger partial charge in [-0.05, 0) is 38.7 Å². The summed E-state index contributed by atoms with van der Waals surface area (Å²) in [4.78, 5) is 13.8. The van der Waals surface area contributed by atoms with Crippen molar-refractivity contribution in [2.45, 2.75) is 18.4 Å². The highest BCUT2D eigenvalue weighted by Gasteiger charge is 2.22. The predicted octanol–water partition coefficient (Wildman–Crippen LogP) is 1.47. The highest BCUT2D eigenvalue weighted by atomic mass is 35.5. The fourth-order valence-electron chi connectivity index (χ4n) is 1.86. The van der Waals surface area contributed by atoms with Crippen LogP contribution >= 0.6 is 11.6 Å². The van der Waals surface area contributed by atoms with Gasteiger partial charge in [0.2, 0.25) is 0 Å². The molecule has 1 unspecified atom stereocenters. The lowest BCUT2D eigenvalue weighted by atomic mass is 10.1. The van der Waals surface area contributed by atoms with Crippen molar-refractivity contribution < 1.29 is 9.90 Å². The maximum Gasteiger partial charge on any atom is 0.251 e. The lowest BCUT2D eigenvalue weighted by Crippen LogP contribution is -2.47. The van der Waals surface area contributed by atoms with E-state index in [2.05, 4.69) is 5.32 Å². The van der Waals surface area contributed by atoms with Gasteiger partial charge in [-0.1, -0.05) is 12.1 Å². The second-order valence-electron chi connectivity index (χ2n) is 5.25. The van der Waals surface area contributed by atoms with Crippen molar-refractivity contribution in [2.75, 3.05) is 27.2 Å². The van der Waals surface area contributed by atoms with Gasteiger partial charge in [-0.15, -0.1) is 11.6 Å². The van der Waals surface area contributed by atoms with Crippen LogP contribution in [0.3, 0.4) is 0 Å². The largest absolute Gasteiger partial charge is 0.387 e. The minimum atomic E-state index is -0.949. The Hall–Kier alpha value is -1.10. The van der Waals surface area contributed by atoms with Gasteiger partial charge in [0.15, 0.2) is 0 Å². The standard InChI is InChI=1S/C14H21ClN2O2/c1-14(19,10-17(2)3)9-16-13(18)12-6-4-11(8-15)5-7-12/h4-7,19H,8-10H2,1-3H3,(H,16,18). The van der Waals surface area contributed by atoms with E-state index >= 15 is 0 Å². The SMILES string of the molecule is CN(C)CC(C)(O)CNC(=O)c1ccc(CCl)cc1. The van der Waals surface area contributed by atoms with Crippen LogP contribution in [0, 0.1) is 0 Å². The number of hydrogen-bond donors (Lipinski definition) is 2. The topological polar surface area (TPSA) is 52.6 Å². The van der Waals surface area contributed by atoms with Gasteiger partial charge >= 0.3 is 0 Å². The van der Waals surface area contributed by atoms with Gasteiger partial charge in [0.05, 0.1) is 5.60 Å². The third kappa shape index (κ3) is 5.59. The molecule has 0 bridgehead atoms. The Morgan fingerprint density at radius 2 is 1.95 bits per heavy atom. The molecule has 1 rings (SSSR count). The highest BCUT2D eigenvalue weighted by Crippen LogP contribution is 2.08. The van der Waals surface area contributed by atoms with Crippen LogP contribution in [0.1, 0.15) is 22.8 Å². The number of nitrogens with one attached hydrogen (secondary N) is 1. The smallest absolute Gasteiger partial charge is 0.251 e. The number of alkyl halides is 1. The van der Waals surface area contributed by atoms with Crippen molar-refractivity contribution in [2.24, 2.45) is 0 Å². The lowest BCUT2D eigenvalue weighted by Gasteiger charge is -2.27. The molecule has 2 N–H and O–H groups in total. The van der Waals surface area contributed by atoms with Gasteiger partial charge in [-0.2, -0.15) is 0 Å². The second kappa shape index (κ2) is 6.89. The molecule has 0 aliphatic heterocycles. The first-order valence-electron chi connectivity index (χ1n) is 6.14. The molecule has 0 heterocycles.